The van der Waals surface area contributed by atoms with Crippen molar-refractivity contribution in [3.05, 3.63) is 28.3 Å². The minimum Gasteiger partial charge on any atom is -0.496 e. The van der Waals surface area contributed by atoms with E-state index in [2.05, 4.69) is 6.92 Å². The largest absolute Gasteiger partial charge is 0.496 e. The van der Waals surface area contributed by atoms with Crippen molar-refractivity contribution in [3.8, 4) is 5.75 Å². The molecule has 0 aromatic heterocycles. The fourth-order valence-corrected chi connectivity index (χ4v) is 2.31. The molecule has 19 heavy (non-hydrogen) atoms. The van der Waals surface area contributed by atoms with Crippen molar-refractivity contribution in [2.75, 3.05) is 7.11 Å². The Bertz CT molecular complexity index is 409. The van der Waals surface area contributed by atoms with Gasteiger partial charge in [-0.15, -0.1) is 0 Å². The van der Waals surface area contributed by atoms with E-state index in [1.54, 1.807) is 7.11 Å². The molecule has 0 bridgehead atoms. The van der Waals surface area contributed by atoms with Crippen molar-refractivity contribution in [3.63, 3.8) is 0 Å². The molecule has 2 atom stereocenters. The summed E-state index contributed by atoms with van der Waals surface area (Å²) in [6.07, 6.45) is 2.67. The van der Waals surface area contributed by atoms with Gasteiger partial charge in [0.25, 0.3) is 0 Å². The van der Waals surface area contributed by atoms with Crippen LogP contribution < -0.4 is 10.5 Å². The molecule has 0 amide bonds. The molecule has 0 aliphatic heterocycles. The van der Waals surface area contributed by atoms with Gasteiger partial charge < -0.3 is 15.6 Å². The van der Waals surface area contributed by atoms with E-state index >= 15 is 0 Å². The lowest BCUT2D eigenvalue weighted by Crippen LogP contribution is -2.34. The quantitative estimate of drug-likeness (QED) is 0.809. The van der Waals surface area contributed by atoms with Crippen LogP contribution in [0, 0.1) is 6.92 Å². The van der Waals surface area contributed by atoms with Crippen LogP contribution in [0.3, 0.4) is 0 Å². The number of methoxy groups -OCH3 is 1. The molecule has 1 rings (SSSR count). The zero-order valence-corrected chi connectivity index (χ0v) is 12.7. The van der Waals surface area contributed by atoms with E-state index in [-0.39, 0.29) is 6.04 Å². The molecular weight excluding hydrogens is 262 g/mol. The van der Waals surface area contributed by atoms with Gasteiger partial charge in [0.05, 0.1) is 13.2 Å². The molecule has 0 spiro atoms. The van der Waals surface area contributed by atoms with Crippen LogP contribution in [0.4, 0.5) is 0 Å². The number of aryl methyl sites for hydroxylation is 2. The van der Waals surface area contributed by atoms with E-state index in [1.807, 2.05) is 19.1 Å². The number of rotatable bonds is 7. The van der Waals surface area contributed by atoms with E-state index < -0.39 is 6.10 Å². The maximum Gasteiger partial charge on any atom is 0.122 e. The summed E-state index contributed by atoms with van der Waals surface area (Å²) in [4.78, 5) is 0. The van der Waals surface area contributed by atoms with Gasteiger partial charge in [-0.1, -0.05) is 24.9 Å². The Kier molecular flexibility index (Phi) is 6.63. The summed E-state index contributed by atoms with van der Waals surface area (Å²) in [7, 11) is 1.64. The smallest absolute Gasteiger partial charge is 0.122 e. The van der Waals surface area contributed by atoms with Gasteiger partial charge in [-0.2, -0.15) is 0 Å². The molecule has 0 fully saturated rings. The van der Waals surface area contributed by atoms with Crippen molar-refractivity contribution in [1.29, 1.82) is 0 Å². The first-order valence-corrected chi connectivity index (χ1v) is 7.14. The molecule has 0 aliphatic rings. The summed E-state index contributed by atoms with van der Waals surface area (Å²) in [6, 6.07) is 3.68. The number of aliphatic hydroxyl groups is 1. The standard InChI is InChI=1S/C15H24ClNO2/c1-4-5-13(17)14(18)7-6-11-9-12(16)10(2)8-15(11)19-3/h8-9,13-14,18H,4-7,17H2,1-3H3. The fraction of sp³-hybridized carbons (Fsp3) is 0.600. The van der Waals surface area contributed by atoms with Crippen LogP contribution in [0.2, 0.25) is 5.02 Å². The fourth-order valence-electron chi connectivity index (χ4n) is 2.12. The first-order valence-electron chi connectivity index (χ1n) is 6.76. The van der Waals surface area contributed by atoms with E-state index in [0.29, 0.717) is 12.8 Å². The second kappa shape index (κ2) is 7.73. The highest BCUT2D eigenvalue weighted by Gasteiger charge is 2.15. The Labute approximate surface area is 120 Å². The molecule has 3 nitrogen and oxygen atoms in total. The van der Waals surface area contributed by atoms with Crippen molar-refractivity contribution >= 4 is 11.6 Å². The summed E-state index contributed by atoms with van der Waals surface area (Å²) in [5, 5.41) is 10.7. The van der Waals surface area contributed by atoms with E-state index in [4.69, 9.17) is 22.1 Å². The van der Waals surface area contributed by atoms with Gasteiger partial charge in [-0.05, 0) is 49.4 Å². The Hall–Kier alpha value is -0.770. The second-order valence-corrected chi connectivity index (χ2v) is 5.38. The Morgan fingerprint density at radius 3 is 2.63 bits per heavy atom. The summed E-state index contributed by atoms with van der Waals surface area (Å²) in [5.74, 6) is 0.818. The normalized spacial score (nSPS) is 14.2. The lowest BCUT2D eigenvalue weighted by atomic mass is 9.98. The van der Waals surface area contributed by atoms with Crippen molar-refractivity contribution in [2.45, 2.75) is 51.7 Å². The lowest BCUT2D eigenvalue weighted by Gasteiger charge is -2.19. The number of ether oxygens (including phenoxy) is 1. The van der Waals surface area contributed by atoms with E-state index in [0.717, 1.165) is 34.7 Å². The average Bonchev–Trinajstić information content (AvgIpc) is 2.39. The topological polar surface area (TPSA) is 55.5 Å². The lowest BCUT2D eigenvalue weighted by molar-refractivity contribution is 0.131. The average molecular weight is 286 g/mol. The summed E-state index contributed by atoms with van der Waals surface area (Å²) < 4.78 is 5.35. The molecule has 108 valence electrons. The molecule has 1 aromatic carbocycles. The predicted octanol–water partition coefficient (Wildman–Crippen LogP) is 3.08. The SMILES string of the molecule is CCCC(N)C(O)CCc1cc(Cl)c(C)cc1OC. The molecule has 0 saturated heterocycles. The first kappa shape index (κ1) is 16.3. The van der Waals surface area contributed by atoms with Crippen LogP contribution in [-0.2, 0) is 6.42 Å². The van der Waals surface area contributed by atoms with Gasteiger partial charge in [0.2, 0.25) is 0 Å². The predicted molar refractivity (Wildman–Crippen MR) is 80.0 cm³/mol. The summed E-state index contributed by atoms with van der Waals surface area (Å²) in [5.41, 5.74) is 7.92. The zero-order chi connectivity index (χ0) is 14.4. The number of hydrogen-bond donors (Lipinski definition) is 2. The molecule has 0 heterocycles. The Balaban J connectivity index is 2.69. The van der Waals surface area contributed by atoms with Crippen LogP contribution in [0.1, 0.15) is 37.3 Å². The molecule has 4 heteroatoms. The van der Waals surface area contributed by atoms with Crippen LogP contribution in [0.15, 0.2) is 12.1 Å². The van der Waals surface area contributed by atoms with Crippen molar-refractivity contribution < 1.29 is 9.84 Å². The molecule has 2 unspecified atom stereocenters. The van der Waals surface area contributed by atoms with Gasteiger partial charge >= 0.3 is 0 Å². The molecule has 3 N–H and O–H groups in total. The molecule has 0 radical (unpaired) electrons. The van der Waals surface area contributed by atoms with Crippen LogP contribution >= 0.6 is 11.6 Å². The third-order valence-electron chi connectivity index (χ3n) is 3.39. The maximum absolute atomic E-state index is 10.00. The van der Waals surface area contributed by atoms with Crippen LogP contribution in [0.25, 0.3) is 0 Å². The number of aliphatic hydroxyl groups excluding tert-OH is 1. The molecule has 0 saturated carbocycles. The zero-order valence-electron chi connectivity index (χ0n) is 11.9. The van der Waals surface area contributed by atoms with Crippen LogP contribution in [-0.4, -0.2) is 24.4 Å². The monoisotopic (exact) mass is 285 g/mol. The molecular formula is C15H24ClNO2. The molecule has 0 aliphatic carbocycles. The third kappa shape index (κ3) is 4.68. The Morgan fingerprint density at radius 2 is 2.05 bits per heavy atom. The van der Waals surface area contributed by atoms with Crippen molar-refractivity contribution in [2.24, 2.45) is 5.73 Å². The summed E-state index contributed by atoms with van der Waals surface area (Å²) >= 11 is 6.13. The van der Waals surface area contributed by atoms with Gasteiger partial charge in [0.1, 0.15) is 5.75 Å². The number of halogens is 1. The third-order valence-corrected chi connectivity index (χ3v) is 3.79. The van der Waals surface area contributed by atoms with E-state index in [9.17, 15) is 5.11 Å². The minimum absolute atomic E-state index is 0.156. The number of nitrogens with two attached hydrogens (primary N) is 1. The second-order valence-electron chi connectivity index (χ2n) is 4.97. The van der Waals surface area contributed by atoms with Gasteiger partial charge in [-0.25, -0.2) is 0 Å². The highest BCUT2D eigenvalue weighted by Crippen LogP contribution is 2.28. The maximum atomic E-state index is 10.00. The number of hydrogen-bond acceptors (Lipinski definition) is 3. The van der Waals surface area contributed by atoms with Gasteiger partial charge in [0, 0.05) is 11.1 Å². The van der Waals surface area contributed by atoms with Gasteiger partial charge in [-0.3, -0.25) is 0 Å². The minimum atomic E-state index is -0.482. The molecule has 1 aromatic rings. The highest BCUT2D eigenvalue weighted by atomic mass is 35.5. The first-order chi connectivity index (χ1) is 8.99. The van der Waals surface area contributed by atoms with E-state index in [1.165, 1.54) is 0 Å². The van der Waals surface area contributed by atoms with Crippen molar-refractivity contribution in [1.82, 2.24) is 0 Å². The van der Waals surface area contributed by atoms with Crippen LogP contribution in [0.5, 0.6) is 5.75 Å². The van der Waals surface area contributed by atoms with Gasteiger partial charge in [0.15, 0.2) is 0 Å². The Morgan fingerprint density at radius 1 is 1.37 bits per heavy atom. The number of benzene rings is 1. The summed E-state index contributed by atoms with van der Waals surface area (Å²) in [6.45, 7) is 4.01. The highest BCUT2D eigenvalue weighted by molar-refractivity contribution is 6.31.